The van der Waals surface area contributed by atoms with Gasteiger partial charge in [-0.3, -0.25) is 9.59 Å². The van der Waals surface area contributed by atoms with Crippen LogP contribution in [-0.2, 0) is 14.3 Å². The molecule has 26 heavy (non-hydrogen) atoms. The van der Waals surface area contributed by atoms with Crippen molar-refractivity contribution in [3.05, 3.63) is 35.5 Å². The summed E-state index contributed by atoms with van der Waals surface area (Å²) in [5, 5.41) is 10.0. The Morgan fingerprint density at radius 3 is 2.46 bits per heavy atom. The van der Waals surface area contributed by atoms with Gasteiger partial charge in [0.2, 0.25) is 0 Å². The summed E-state index contributed by atoms with van der Waals surface area (Å²) in [5.74, 6) is -0.278. The molecule has 0 spiro atoms. The second kappa shape index (κ2) is 8.81. The summed E-state index contributed by atoms with van der Waals surface area (Å²) in [5.41, 5.74) is 2.49. The number of allylic oxidation sites excluding steroid dienone is 6. The van der Waals surface area contributed by atoms with Crippen molar-refractivity contribution in [1.29, 1.82) is 0 Å². The number of aliphatic hydroxyl groups is 1. The standard InChI is InChI=1S/C22H32O4/c1-13(2)7-6-8-14(3)17-11-20(26-16(5)24)18(12-23)22(17)21-15(4)9-10-19(21)25/h7-10,15,17-18,20-23H,6,11-12H2,1-5H3. The molecule has 2 rings (SSSR count). The van der Waals surface area contributed by atoms with Crippen LogP contribution in [0.1, 0.15) is 47.5 Å². The van der Waals surface area contributed by atoms with Gasteiger partial charge in [0.25, 0.3) is 0 Å². The third-order valence-corrected chi connectivity index (χ3v) is 5.88. The highest BCUT2D eigenvalue weighted by molar-refractivity contribution is 5.94. The van der Waals surface area contributed by atoms with Gasteiger partial charge < -0.3 is 9.84 Å². The van der Waals surface area contributed by atoms with Crippen LogP contribution in [0, 0.1) is 29.6 Å². The molecule has 6 unspecified atom stereocenters. The number of ether oxygens (including phenoxy) is 1. The van der Waals surface area contributed by atoms with Crippen molar-refractivity contribution in [2.24, 2.45) is 29.6 Å². The summed E-state index contributed by atoms with van der Waals surface area (Å²) >= 11 is 0. The number of esters is 1. The van der Waals surface area contributed by atoms with Gasteiger partial charge in [0.05, 0.1) is 0 Å². The van der Waals surface area contributed by atoms with E-state index in [1.807, 2.05) is 6.08 Å². The normalized spacial score (nSPS) is 34.2. The molecule has 0 radical (unpaired) electrons. The van der Waals surface area contributed by atoms with Crippen molar-refractivity contribution in [2.45, 2.75) is 53.6 Å². The molecule has 1 N–H and O–H groups in total. The van der Waals surface area contributed by atoms with Crippen molar-refractivity contribution < 1.29 is 19.4 Å². The average molecular weight is 360 g/mol. The fraction of sp³-hybridized carbons (Fsp3) is 0.636. The maximum absolute atomic E-state index is 12.5. The predicted octanol–water partition coefficient (Wildman–Crippen LogP) is 3.86. The van der Waals surface area contributed by atoms with Crippen LogP contribution in [0.4, 0.5) is 0 Å². The topological polar surface area (TPSA) is 63.6 Å². The molecule has 0 heterocycles. The van der Waals surface area contributed by atoms with Crippen LogP contribution in [-0.4, -0.2) is 29.6 Å². The first kappa shape index (κ1) is 20.6. The number of carbonyl (C=O) groups excluding carboxylic acids is 2. The predicted molar refractivity (Wildman–Crippen MR) is 102 cm³/mol. The van der Waals surface area contributed by atoms with Crippen LogP contribution >= 0.6 is 0 Å². The van der Waals surface area contributed by atoms with Crippen LogP contribution in [0.25, 0.3) is 0 Å². The molecule has 1 saturated carbocycles. The fourth-order valence-electron chi connectivity index (χ4n) is 4.63. The first-order chi connectivity index (χ1) is 12.3. The van der Waals surface area contributed by atoms with Gasteiger partial charge in [-0.15, -0.1) is 0 Å². The monoisotopic (exact) mass is 360 g/mol. The van der Waals surface area contributed by atoms with Crippen LogP contribution in [0.2, 0.25) is 0 Å². The number of carbonyl (C=O) groups is 2. The lowest BCUT2D eigenvalue weighted by Gasteiger charge is -2.32. The van der Waals surface area contributed by atoms with Gasteiger partial charge in [-0.05, 0) is 57.4 Å². The van der Waals surface area contributed by atoms with E-state index in [-0.39, 0.29) is 54.1 Å². The lowest BCUT2D eigenvalue weighted by Crippen LogP contribution is -2.36. The number of rotatable bonds is 6. The Kier molecular flexibility index (Phi) is 6.99. The summed E-state index contributed by atoms with van der Waals surface area (Å²) in [6.07, 6.45) is 9.19. The van der Waals surface area contributed by atoms with Crippen LogP contribution in [0.5, 0.6) is 0 Å². The SMILES string of the molecule is CC(=O)OC1CC(C(C)=CCC=C(C)C)C(C2C(=O)C=CC2C)C1CO. The van der Waals surface area contributed by atoms with Crippen molar-refractivity contribution in [3.63, 3.8) is 0 Å². The second-order valence-corrected chi connectivity index (χ2v) is 8.03. The zero-order valence-electron chi connectivity index (χ0n) is 16.6. The van der Waals surface area contributed by atoms with Gasteiger partial charge in [0.15, 0.2) is 5.78 Å². The Morgan fingerprint density at radius 2 is 1.96 bits per heavy atom. The van der Waals surface area contributed by atoms with E-state index < -0.39 is 0 Å². The molecule has 0 aromatic heterocycles. The Labute approximate surface area is 157 Å². The molecule has 0 aromatic carbocycles. The number of ketones is 1. The first-order valence-electron chi connectivity index (χ1n) is 9.56. The minimum absolute atomic E-state index is 0.00944. The molecule has 0 amide bonds. The zero-order chi connectivity index (χ0) is 19.4. The molecule has 0 saturated heterocycles. The molecule has 2 aliphatic carbocycles. The third kappa shape index (κ3) is 4.53. The highest BCUT2D eigenvalue weighted by Crippen LogP contribution is 2.50. The molecule has 4 nitrogen and oxygen atoms in total. The van der Waals surface area contributed by atoms with Crippen molar-refractivity contribution in [3.8, 4) is 0 Å². The summed E-state index contributed by atoms with van der Waals surface area (Å²) < 4.78 is 5.53. The van der Waals surface area contributed by atoms with Gasteiger partial charge in [-0.1, -0.05) is 36.3 Å². The molecule has 144 valence electrons. The lowest BCUT2D eigenvalue weighted by atomic mass is 9.71. The van der Waals surface area contributed by atoms with Gasteiger partial charge in [-0.25, -0.2) is 0 Å². The first-order valence-corrected chi connectivity index (χ1v) is 9.56. The van der Waals surface area contributed by atoms with Crippen LogP contribution < -0.4 is 0 Å². The van der Waals surface area contributed by atoms with Crippen molar-refractivity contribution in [2.75, 3.05) is 6.61 Å². The number of aliphatic hydroxyl groups excluding tert-OH is 1. The van der Waals surface area contributed by atoms with Gasteiger partial charge in [0.1, 0.15) is 6.10 Å². The summed E-state index contributed by atoms with van der Waals surface area (Å²) in [6, 6.07) is 0. The molecule has 2 aliphatic rings. The second-order valence-electron chi connectivity index (χ2n) is 8.03. The fourth-order valence-corrected chi connectivity index (χ4v) is 4.63. The van der Waals surface area contributed by atoms with E-state index in [0.29, 0.717) is 6.42 Å². The molecule has 0 bridgehead atoms. The average Bonchev–Trinajstić information content (AvgIpc) is 3.05. The number of hydrogen-bond acceptors (Lipinski definition) is 4. The minimum Gasteiger partial charge on any atom is -0.462 e. The highest BCUT2D eigenvalue weighted by Gasteiger charge is 2.51. The van der Waals surface area contributed by atoms with Crippen molar-refractivity contribution in [1.82, 2.24) is 0 Å². The van der Waals surface area contributed by atoms with E-state index in [2.05, 4.69) is 39.8 Å². The summed E-state index contributed by atoms with van der Waals surface area (Å²) in [4.78, 5) is 24.1. The van der Waals surface area contributed by atoms with E-state index in [1.54, 1.807) is 6.08 Å². The highest BCUT2D eigenvalue weighted by atomic mass is 16.5. The Hall–Kier alpha value is -1.68. The molecule has 0 aromatic rings. The largest absolute Gasteiger partial charge is 0.462 e. The maximum atomic E-state index is 12.5. The summed E-state index contributed by atoms with van der Waals surface area (Å²) in [6.45, 7) is 9.63. The van der Waals surface area contributed by atoms with Crippen LogP contribution in [0.3, 0.4) is 0 Å². The smallest absolute Gasteiger partial charge is 0.302 e. The zero-order valence-corrected chi connectivity index (χ0v) is 16.6. The van der Waals surface area contributed by atoms with E-state index >= 15 is 0 Å². The summed E-state index contributed by atoms with van der Waals surface area (Å²) in [7, 11) is 0. The number of hydrogen-bond donors (Lipinski definition) is 1. The lowest BCUT2D eigenvalue weighted by molar-refractivity contribution is -0.149. The Balaban J connectivity index is 2.33. The molecular weight excluding hydrogens is 328 g/mol. The molecule has 4 heteroatoms. The van der Waals surface area contributed by atoms with Gasteiger partial charge >= 0.3 is 5.97 Å². The molecule has 1 fully saturated rings. The maximum Gasteiger partial charge on any atom is 0.302 e. The van der Waals surface area contributed by atoms with Gasteiger partial charge in [-0.2, -0.15) is 0 Å². The molecule has 0 aliphatic heterocycles. The van der Waals surface area contributed by atoms with E-state index in [0.717, 1.165) is 6.42 Å². The van der Waals surface area contributed by atoms with Gasteiger partial charge in [0, 0.05) is 25.4 Å². The molecule has 6 atom stereocenters. The molecular formula is C22H32O4. The van der Waals surface area contributed by atoms with E-state index in [9.17, 15) is 14.7 Å². The Morgan fingerprint density at radius 1 is 1.27 bits per heavy atom. The minimum atomic E-state index is -0.333. The van der Waals surface area contributed by atoms with Crippen molar-refractivity contribution >= 4 is 11.8 Å². The Bertz CT molecular complexity index is 624. The van der Waals surface area contributed by atoms with Crippen LogP contribution in [0.15, 0.2) is 35.5 Å². The quantitative estimate of drug-likeness (QED) is 0.577. The van der Waals surface area contributed by atoms with E-state index in [4.69, 9.17) is 4.74 Å². The van der Waals surface area contributed by atoms with E-state index in [1.165, 1.54) is 18.1 Å². The third-order valence-electron chi connectivity index (χ3n) is 5.88.